The Labute approximate surface area is 631 Å². The Morgan fingerprint density at radius 3 is 0.528 bits per heavy atom. The average molecular weight is 1430 g/mol. The second-order valence-electron chi connectivity index (χ2n) is 29.0. The SMILES string of the molecule is c1ccc([Si](c2ccccc2)(c2ccccc2)c2cc3c4c(c2)Oc2cc5c(cc2B4c2ccccc2O3)B2c3cc4c(cc3Oc3cc([Si](c6ccccc6)(c6ccccc6)c6ccccc6)cc(c32)O5)Oc2cc([Si](c3ccccc3)(c3ccccc3)c3ccccc3)cc3c2B4c2ccccc2O3)cc1. The Kier molecular flexibility index (Phi) is 14.3. The molecule has 0 atom stereocenters. The molecule has 6 heterocycles. The van der Waals surface area contributed by atoms with Gasteiger partial charge in [-0.25, -0.2) is 0 Å². The molecule has 0 spiro atoms. The van der Waals surface area contributed by atoms with E-state index in [0.717, 1.165) is 122 Å². The maximum atomic E-state index is 7.78. The maximum absolute atomic E-state index is 7.78. The first kappa shape index (κ1) is 62.5. The van der Waals surface area contributed by atoms with Crippen molar-refractivity contribution in [3.05, 3.63) is 382 Å². The van der Waals surface area contributed by atoms with Gasteiger partial charge < -0.3 is 28.4 Å². The molecule has 0 saturated carbocycles. The molecule has 0 aromatic heterocycles. The summed E-state index contributed by atoms with van der Waals surface area (Å²) in [6, 6.07) is 140. The Bertz CT molecular complexity index is 5670. The zero-order valence-electron chi connectivity index (χ0n) is 58.6. The van der Waals surface area contributed by atoms with Gasteiger partial charge in [0, 0.05) is 28.5 Å². The molecule has 108 heavy (non-hydrogen) atoms. The molecule has 504 valence electrons. The van der Waals surface area contributed by atoms with E-state index in [-0.39, 0.29) is 13.4 Å². The third-order valence-electron chi connectivity index (χ3n) is 23.6. The van der Waals surface area contributed by atoms with E-state index in [0.29, 0.717) is 11.5 Å². The van der Waals surface area contributed by atoms with E-state index in [9.17, 15) is 0 Å². The molecule has 0 aliphatic carbocycles. The van der Waals surface area contributed by atoms with Crippen molar-refractivity contribution in [2.24, 2.45) is 0 Å². The first-order valence-corrected chi connectivity index (χ1v) is 43.2. The Hall–Kier alpha value is -12.8. The lowest BCUT2D eigenvalue weighted by Crippen LogP contribution is -2.75. The van der Waals surface area contributed by atoms with Crippen LogP contribution in [0.2, 0.25) is 0 Å². The molecule has 22 rings (SSSR count). The van der Waals surface area contributed by atoms with E-state index in [1.165, 1.54) is 46.7 Å². The number of ether oxygens (including phenoxy) is 6. The summed E-state index contributed by atoms with van der Waals surface area (Å²) in [5.41, 5.74) is 9.17. The van der Waals surface area contributed by atoms with Crippen molar-refractivity contribution in [1.82, 2.24) is 0 Å². The molecule has 0 fully saturated rings. The van der Waals surface area contributed by atoms with Crippen LogP contribution in [0, 0.1) is 0 Å². The fourth-order valence-electron chi connectivity index (χ4n) is 19.2. The standard InChI is InChI=1S/C96H63B3O6Si3/c1-10-32-64(33-11-1)106(65-34-12-2-13-35-65,66-36-14-3-15-37-66)73-54-88-94-90(56-73)102-84-62-86-80(60-78(84)97(94)76-50-28-30-52-82(76)100-88)99-81-61-79-85(63-87(81)105-93-59-75(58-92(104-86)96(93)99)108(70-44-22-7-23-45-70,71-46-24-8-25-47-71)72-48-26-9-27-49-72)103-91-57-74(55-89-95(91)98(79)77-51-29-31-53-83(77)101-89)107(67-38-16-4-17-39-67,68-40-18-5-19-41-68)69-42-20-6-21-43-69/h1-63H. The molecule has 0 bridgehead atoms. The molecule has 16 aromatic carbocycles. The van der Waals surface area contributed by atoms with Crippen molar-refractivity contribution < 1.29 is 28.4 Å². The summed E-state index contributed by atoms with van der Waals surface area (Å²) in [5, 5.41) is 14.7. The smallest absolute Gasteiger partial charge is 0.260 e. The second kappa shape index (κ2) is 24.6. The minimum Gasteiger partial charge on any atom is -0.458 e. The van der Waals surface area contributed by atoms with E-state index in [2.05, 4.69) is 382 Å². The molecule has 0 amide bonds. The highest BCUT2D eigenvalue weighted by molar-refractivity contribution is 7.21. The fraction of sp³-hybridized carbons (Fsp3) is 0. The number of benzene rings is 16. The molecule has 12 heteroatoms. The Balaban J connectivity index is 0.780. The van der Waals surface area contributed by atoms with E-state index in [4.69, 9.17) is 28.4 Å². The molecule has 6 aliphatic rings. The summed E-state index contributed by atoms with van der Waals surface area (Å²) < 4.78 is 45.5. The molecule has 0 N–H and O–H groups in total. The lowest BCUT2D eigenvalue weighted by molar-refractivity contribution is 0.449. The van der Waals surface area contributed by atoms with Crippen LogP contribution >= 0.6 is 0 Å². The van der Waals surface area contributed by atoms with Gasteiger partial charge in [0.1, 0.15) is 69.0 Å². The minimum absolute atomic E-state index is 0.274. The van der Waals surface area contributed by atoms with Crippen LogP contribution in [0.25, 0.3) is 0 Å². The summed E-state index contributed by atoms with van der Waals surface area (Å²) in [6.07, 6.45) is 0. The first-order valence-electron chi connectivity index (χ1n) is 37.2. The highest BCUT2D eigenvalue weighted by atomic mass is 28.3. The number of fused-ring (bicyclic) bond motifs is 12. The quantitative estimate of drug-likeness (QED) is 0.0915. The fourth-order valence-corrected chi connectivity index (χ4v) is 33.5. The number of para-hydroxylation sites is 2. The van der Waals surface area contributed by atoms with Gasteiger partial charge in [0.25, 0.3) is 20.1 Å². The molecule has 16 aromatic rings. The molecule has 6 nitrogen and oxygen atoms in total. The molecule has 6 aliphatic heterocycles. The van der Waals surface area contributed by atoms with Crippen molar-refractivity contribution in [1.29, 1.82) is 0 Å². The van der Waals surface area contributed by atoms with Crippen LogP contribution < -0.4 is 140 Å². The second-order valence-corrected chi connectivity index (χ2v) is 40.5. The van der Waals surface area contributed by atoms with Crippen molar-refractivity contribution in [2.45, 2.75) is 0 Å². The molecule has 0 saturated heterocycles. The Morgan fingerprint density at radius 1 is 0.139 bits per heavy atom. The third kappa shape index (κ3) is 9.21. The molecular formula is C96H63B3O6Si3. The van der Waals surface area contributed by atoms with Crippen LogP contribution in [0.1, 0.15) is 0 Å². The monoisotopic (exact) mass is 1430 g/mol. The summed E-state index contributed by atoms with van der Waals surface area (Å²) in [7, 11) is -9.44. The normalized spacial score (nSPS) is 13.4. The van der Waals surface area contributed by atoms with Gasteiger partial charge in [-0.05, 0) is 144 Å². The maximum Gasteiger partial charge on any atom is 0.260 e. The van der Waals surface area contributed by atoms with Crippen LogP contribution in [0.15, 0.2) is 382 Å². The summed E-state index contributed by atoms with van der Waals surface area (Å²) in [4.78, 5) is 0. The Morgan fingerprint density at radius 2 is 0.315 bits per heavy atom. The van der Waals surface area contributed by atoms with Gasteiger partial charge in [-0.2, -0.15) is 0 Å². The van der Waals surface area contributed by atoms with Gasteiger partial charge in [0.05, 0.1) is 0 Å². The van der Waals surface area contributed by atoms with E-state index in [1.54, 1.807) is 0 Å². The van der Waals surface area contributed by atoms with Gasteiger partial charge in [0.2, 0.25) is 0 Å². The van der Waals surface area contributed by atoms with Crippen LogP contribution in [0.3, 0.4) is 0 Å². The van der Waals surface area contributed by atoms with Crippen LogP contribution in [-0.2, 0) is 0 Å². The molecule has 0 radical (unpaired) electrons. The third-order valence-corrected chi connectivity index (χ3v) is 37.9. The van der Waals surface area contributed by atoms with Gasteiger partial charge >= 0.3 is 0 Å². The zero-order chi connectivity index (χ0) is 71.1. The largest absolute Gasteiger partial charge is 0.458 e. The van der Waals surface area contributed by atoms with E-state index in [1.807, 2.05) is 0 Å². The topological polar surface area (TPSA) is 55.4 Å². The van der Waals surface area contributed by atoms with E-state index >= 15 is 0 Å². The minimum atomic E-state index is -3.22. The lowest BCUT2D eigenvalue weighted by Gasteiger charge is -2.40. The van der Waals surface area contributed by atoms with Gasteiger partial charge in [-0.15, -0.1) is 0 Å². The lowest BCUT2D eigenvalue weighted by atomic mass is 9.30. The summed E-state index contributed by atoms with van der Waals surface area (Å²) in [6.45, 7) is -0.943. The van der Waals surface area contributed by atoms with E-state index < -0.39 is 30.9 Å². The van der Waals surface area contributed by atoms with Crippen LogP contribution in [-0.4, -0.2) is 44.4 Å². The summed E-state index contributed by atoms with van der Waals surface area (Å²) in [5.74, 6) is 9.08. The first-order chi connectivity index (χ1) is 53.5. The van der Waals surface area contributed by atoms with Crippen molar-refractivity contribution in [2.75, 3.05) is 0 Å². The number of rotatable bonds is 12. The summed E-state index contributed by atoms with van der Waals surface area (Å²) >= 11 is 0. The van der Waals surface area contributed by atoms with Gasteiger partial charge in [-0.1, -0.05) is 322 Å². The number of hydrogen-bond donors (Lipinski definition) is 0. The predicted octanol–water partition coefficient (Wildman–Crippen LogP) is 8.00. The van der Waals surface area contributed by atoms with Gasteiger partial charge in [0.15, 0.2) is 24.2 Å². The van der Waals surface area contributed by atoms with Crippen LogP contribution in [0.5, 0.6) is 69.0 Å². The van der Waals surface area contributed by atoms with Crippen molar-refractivity contribution in [3.8, 4) is 69.0 Å². The average Bonchev–Trinajstić information content (AvgIpc) is 0.700. The zero-order valence-corrected chi connectivity index (χ0v) is 61.6. The predicted molar refractivity (Wildman–Crippen MR) is 450 cm³/mol. The van der Waals surface area contributed by atoms with Crippen LogP contribution in [0.4, 0.5) is 0 Å². The number of hydrogen-bond acceptors (Lipinski definition) is 6. The highest BCUT2D eigenvalue weighted by Crippen LogP contribution is 2.42. The van der Waals surface area contributed by atoms with Crippen molar-refractivity contribution >= 4 is 156 Å². The van der Waals surface area contributed by atoms with Gasteiger partial charge in [-0.3, -0.25) is 0 Å². The molecular weight excluding hydrogens is 1370 g/mol. The highest BCUT2D eigenvalue weighted by Gasteiger charge is 2.53. The van der Waals surface area contributed by atoms with Crippen molar-refractivity contribution in [3.63, 3.8) is 0 Å². The molecule has 0 unspecified atom stereocenters.